The van der Waals surface area contributed by atoms with Gasteiger partial charge in [-0.1, -0.05) is 59.6 Å². The fourth-order valence-corrected chi connectivity index (χ4v) is 8.01. The lowest BCUT2D eigenvalue weighted by atomic mass is 9.99. The highest BCUT2D eigenvalue weighted by Crippen LogP contribution is 2.42. The number of hydrogen-bond acceptors (Lipinski definition) is 8. The first-order valence-corrected chi connectivity index (χ1v) is 19.2. The largest absolute Gasteiger partial charge is 0.496 e. The highest BCUT2D eigenvalue weighted by Gasteiger charge is 2.33. The van der Waals surface area contributed by atoms with E-state index in [4.69, 9.17) is 37.7 Å². The molecule has 0 bridgehead atoms. The van der Waals surface area contributed by atoms with Gasteiger partial charge in [-0.3, -0.25) is 14.8 Å². The lowest BCUT2D eigenvalue weighted by molar-refractivity contribution is -0.148. The van der Waals surface area contributed by atoms with E-state index in [0.29, 0.717) is 115 Å². The summed E-state index contributed by atoms with van der Waals surface area (Å²) in [5.41, 5.74) is 5.56. The summed E-state index contributed by atoms with van der Waals surface area (Å²) in [7, 11) is 3.11. The van der Waals surface area contributed by atoms with E-state index in [0.717, 1.165) is 16.7 Å². The smallest absolute Gasteiger partial charge is 0.401 e. The molecule has 0 unspecified atom stereocenters. The molecule has 2 aromatic carbocycles. The molecule has 302 valence electrons. The molecule has 4 heterocycles. The zero-order valence-electron chi connectivity index (χ0n) is 31.0. The van der Waals surface area contributed by atoms with E-state index in [9.17, 15) is 26.3 Å². The van der Waals surface area contributed by atoms with E-state index in [1.807, 2.05) is 48.5 Å². The summed E-state index contributed by atoms with van der Waals surface area (Å²) >= 11 is 14.1. The molecule has 2 N–H and O–H groups in total. The minimum absolute atomic E-state index is 0.0825. The maximum Gasteiger partial charge on any atom is 0.401 e. The van der Waals surface area contributed by atoms with Crippen molar-refractivity contribution in [2.45, 2.75) is 63.2 Å². The van der Waals surface area contributed by atoms with Crippen LogP contribution in [0, 0.1) is 0 Å². The molecule has 0 atom stereocenters. The monoisotopic (exact) mass is 824 g/mol. The van der Waals surface area contributed by atoms with Crippen molar-refractivity contribution in [1.29, 1.82) is 0 Å². The summed E-state index contributed by atoms with van der Waals surface area (Å²) in [6.07, 6.45) is -4.25. The fraction of sp³-hybridized carbons (Fsp3) is 0.450. The van der Waals surface area contributed by atoms with Crippen LogP contribution < -0.4 is 20.1 Å². The number of alkyl halides is 6. The number of pyridine rings is 2. The number of nitrogens with zero attached hydrogens (tertiary/aromatic N) is 4. The Hall–Kier alpha value is -3.66. The summed E-state index contributed by atoms with van der Waals surface area (Å²) in [5.74, 6) is 1.03. The van der Waals surface area contributed by atoms with Gasteiger partial charge in [0.05, 0.1) is 48.7 Å². The molecule has 0 saturated carbocycles. The first-order chi connectivity index (χ1) is 26.7. The van der Waals surface area contributed by atoms with Crippen LogP contribution in [0.3, 0.4) is 0 Å². The summed E-state index contributed by atoms with van der Waals surface area (Å²) in [6.45, 7) is 0.699. The van der Waals surface area contributed by atoms with Gasteiger partial charge >= 0.3 is 12.4 Å². The van der Waals surface area contributed by atoms with Crippen molar-refractivity contribution in [3.63, 3.8) is 0 Å². The molecule has 2 aliphatic rings. The first-order valence-electron chi connectivity index (χ1n) is 18.4. The number of likely N-dealkylation sites (tertiary alicyclic amines) is 2. The third kappa shape index (κ3) is 10.8. The molecule has 0 amide bonds. The molecular formula is C40H44Cl2F6N6O2. The van der Waals surface area contributed by atoms with E-state index >= 15 is 0 Å². The van der Waals surface area contributed by atoms with Crippen LogP contribution in [0.1, 0.15) is 36.8 Å². The second-order valence-corrected chi connectivity index (χ2v) is 14.9. The SMILES string of the molecule is COc1cc(-c2nccc(-c3cccc(-c4ccc(CNC5CCN(CC(F)(F)F)CC5)c(OC)n4)c3Cl)c2Cl)ccc1CNC1CCN(CC(F)(F)F)CC1. The van der Waals surface area contributed by atoms with E-state index in [-0.39, 0.29) is 12.1 Å². The van der Waals surface area contributed by atoms with Crippen LogP contribution in [0.25, 0.3) is 33.6 Å². The molecule has 0 aliphatic carbocycles. The van der Waals surface area contributed by atoms with Crippen LogP contribution in [0.15, 0.2) is 60.8 Å². The number of ether oxygens (including phenoxy) is 2. The molecular weight excluding hydrogens is 781 g/mol. The second kappa shape index (κ2) is 18.3. The number of benzene rings is 2. The van der Waals surface area contributed by atoms with Crippen molar-refractivity contribution in [1.82, 2.24) is 30.4 Å². The van der Waals surface area contributed by atoms with E-state index in [2.05, 4.69) is 15.6 Å². The number of rotatable bonds is 13. The standard InChI is InChI=1S/C40H44Cl2F6N6O2/c1-55-34-20-25(6-7-26(34)21-50-28-11-16-53(17-12-28)23-39(43,44)45)37-36(42)31(10-15-49-37)30-4-3-5-32(35(30)41)33-9-8-27(38(52-33)56-2)22-51-29-13-18-54(19-14-29)24-40(46,47)48/h3-10,15,20,28-29,50-51H,11-14,16-19,21-24H2,1-2H3. The number of hydrogen-bond donors (Lipinski definition) is 2. The van der Waals surface area contributed by atoms with Crippen LogP contribution in [-0.2, 0) is 13.1 Å². The van der Waals surface area contributed by atoms with E-state index in [1.165, 1.54) is 16.9 Å². The van der Waals surface area contributed by atoms with Crippen LogP contribution >= 0.6 is 23.2 Å². The van der Waals surface area contributed by atoms with Gasteiger partial charge in [-0.15, -0.1) is 0 Å². The lowest BCUT2D eigenvalue weighted by Crippen LogP contribution is -2.45. The van der Waals surface area contributed by atoms with Gasteiger partial charge in [-0.05, 0) is 70.1 Å². The highest BCUT2D eigenvalue weighted by atomic mass is 35.5. The Morgan fingerprint density at radius 2 is 1.25 bits per heavy atom. The van der Waals surface area contributed by atoms with Gasteiger partial charge in [-0.25, -0.2) is 4.98 Å². The second-order valence-electron chi connectivity index (χ2n) is 14.2. The number of nitrogens with one attached hydrogen (secondary N) is 2. The van der Waals surface area contributed by atoms with Gasteiger partial charge < -0.3 is 20.1 Å². The molecule has 56 heavy (non-hydrogen) atoms. The summed E-state index contributed by atoms with van der Waals surface area (Å²) < 4.78 is 88.1. The fourth-order valence-electron chi connectivity index (χ4n) is 7.37. The average molecular weight is 826 g/mol. The predicted molar refractivity (Wildman–Crippen MR) is 206 cm³/mol. The normalized spacial score (nSPS) is 16.7. The molecule has 6 rings (SSSR count). The summed E-state index contributed by atoms with van der Waals surface area (Å²) in [5, 5.41) is 7.73. The molecule has 0 radical (unpaired) electrons. The van der Waals surface area contributed by atoms with Crippen molar-refractivity contribution >= 4 is 23.2 Å². The van der Waals surface area contributed by atoms with Crippen molar-refractivity contribution in [2.75, 3.05) is 53.5 Å². The summed E-state index contributed by atoms with van der Waals surface area (Å²) in [6, 6.07) is 17.0. The van der Waals surface area contributed by atoms with Crippen molar-refractivity contribution < 1.29 is 35.8 Å². The zero-order chi connectivity index (χ0) is 40.0. The maximum absolute atomic E-state index is 12.8. The van der Waals surface area contributed by atoms with Crippen LogP contribution in [0.2, 0.25) is 10.0 Å². The minimum atomic E-state index is -4.20. The Morgan fingerprint density at radius 1 is 0.696 bits per heavy atom. The lowest BCUT2D eigenvalue weighted by Gasteiger charge is -2.32. The van der Waals surface area contributed by atoms with Gasteiger partial charge in [0.2, 0.25) is 5.88 Å². The quantitative estimate of drug-likeness (QED) is 0.130. The molecule has 0 spiro atoms. The molecule has 2 aromatic heterocycles. The zero-order valence-corrected chi connectivity index (χ0v) is 32.6. The molecule has 2 aliphatic heterocycles. The topological polar surface area (TPSA) is 74.8 Å². The van der Waals surface area contributed by atoms with Crippen molar-refractivity contribution in [3.8, 4) is 45.3 Å². The molecule has 16 heteroatoms. The van der Waals surface area contributed by atoms with Crippen molar-refractivity contribution in [2.24, 2.45) is 0 Å². The highest BCUT2D eigenvalue weighted by molar-refractivity contribution is 6.39. The summed E-state index contributed by atoms with van der Waals surface area (Å²) in [4.78, 5) is 12.2. The molecule has 2 fully saturated rings. The van der Waals surface area contributed by atoms with Gasteiger partial charge in [0.1, 0.15) is 5.75 Å². The third-order valence-corrected chi connectivity index (χ3v) is 11.1. The van der Waals surface area contributed by atoms with Gasteiger partial charge in [0, 0.05) is 64.8 Å². The minimum Gasteiger partial charge on any atom is -0.496 e. The third-order valence-electron chi connectivity index (χ3n) is 10.3. The Morgan fingerprint density at radius 3 is 1.82 bits per heavy atom. The van der Waals surface area contributed by atoms with Crippen LogP contribution in [0.5, 0.6) is 11.6 Å². The van der Waals surface area contributed by atoms with E-state index < -0.39 is 25.4 Å². The maximum atomic E-state index is 12.8. The van der Waals surface area contributed by atoms with Crippen LogP contribution in [0.4, 0.5) is 26.3 Å². The molecule has 2 saturated heterocycles. The number of aromatic nitrogens is 2. The number of piperidine rings is 2. The van der Waals surface area contributed by atoms with Gasteiger partial charge in [0.15, 0.2) is 0 Å². The van der Waals surface area contributed by atoms with Crippen molar-refractivity contribution in [3.05, 3.63) is 82.0 Å². The predicted octanol–water partition coefficient (Wildman–Crippen LogP) is 9.03. The van der Waals surface area contributed by atoms with Crippen LogP contribution in [-0.4, -0.2) is 97.7 Å². The molecule has 4 aromatic rings. The Bertz CT molecular complexity index is 1810. The van der Waals surface area contributed by atoms with Gasteiger partial charge in [0.25, 0.3) is 0 Å². The Labute approximate surface area is 332 Å². The number of halogens is 8. The van der Waals surface area contributed by atoms with E-state index in [1.54, 1.807) is 19.4 Å². The Balaban J connectivity index is 1.13. The first kappa shape index (κ1) is 42.0. The average Bonchev–Trinajstić information content (AvgIpc) is 3.16. The van der Waals surface area contributed by atoms with Gasteiger partial charge in [-0.2, -0.15) is 26.3 Å². The Kier molecular flexibility index (Phi) is 13.7. The molecule has 8 nitrogen and oxygen atoms in total. The number of methoxy groups -OCH3 is 2.